The van der Waals surface area contributed by atoms with Crippen LogP contribution in [0.3, 0.4) is 0 Å². The Morgan fingerprint density at radius 3 is 2.47 bits per heavy atom. The third kappa shape index (κ3) is 4.39. The van der Waals surface area contributed by atoms with Crippen LogP contribution in [0.5, 0.6) is 0 Å². The number of hydrogen-bond donors (Lipinski definition) is 1. The number of rotatable bonds is 5. The Morgan fingerprint density at radius 1 is 1.09 bits per heavy atom. The summed E-state index contributed by atoms with van der Waals surface area (Å²) in [5.74, 6) is 0.0901. The molecule has 3 aromatic rings. The molecule has 2 fully saturated rings. The minimum atomic E-state index is -0.0427. The molecule has 0 aliphatic carbocycles. The largest absolute Gasteiger partial charge is 0.370 e. The molecule has 0 unspecified atom stereocenters. The summed E-state index contributed by atoms with van der Waals surface area (Å²) >= 11 is 1.38. The summed E-state index contributed by atoms with van der Waals surface area (Å²) in [6, 6.07) is 8.07. The lowest BCUT2D eigenvalue weighted by atomic mass is 9.94. The summed E-state index contributed by atoms with van der Waals surface area (Å²) in [7, 11) is 0. The van der Waals surface area contributed by atoms with Crippen LogP contribution in [0.25, 0.3) is 10.2 Å². The van der Waals surface area contributed by atoms with Crippen molar-refractivity contribution in [3.8, 4) is 0 Å². The van der Waals surface area contributed by atoms with Crippen molar-refractivity contribution in [1.82, 2.24) is 14.3 Å². The molecule has 5 rings (SSSR count). The van der Waals surface area contributed by atoms with Gasteiger partial charge in [0.2, 0.25) is 5.91 Å². The lowest BCUT2D eigenvalue weighted by molar-refractivity contribution is -0.120. The Kier molecular flexibility index (Phi) is 6.50. The van der Waals surface area contributed by atoms with E-state index in [0.717, 1.165) is 85.6 Å². The number of fused-ring (bicyclic) bond motifs is 1. The van der Waals surface area contributed by atoms with Crippen molar-refractivity contribution in [2.75, 3.05) is 36.4 Å². The van der Waals surface area contributed by atoms with E-state index in [-0.39, 0.29) is 17.7 Å². The number of pyridine rings is 1. The van der Waals surface area contributed by atoms with Crippen LogP contribution in [0.1, 0.15) is 54.2 Å². The molecular formula is C26H31N5O2S. The molecule has 2 aliphatic heterocycles. The van der Waals surface area contributed by atoms with Gasteiger partial charge in [-0.25, -0.2) is 4.98 Å². The zero-order chi connectivity index (χ0) is 23.7. The fourth-order valence-electron chi connectivity index (χ4n) is 5.05. The molecular weight excluding hydrogens is 446 g/mol. The molecule has 0 saturated carbocycles. The van der Waals surface area contributed by atoms with Crippen LogP contribution in [0.4, 0.5) is 11.4 Å². The van der Waals surface area contributed by atoms with Crippen molar-refractivity contribution in [3.63, 3.8) is 0 Å². The van der Waals surface area contributed by atoms with Gasteiger partial charge in [-0.3, -0.25) is 9.59 Å². The number of piperidine rings is 1. The quantitative estimate of drug-likeness (QED) is 0.579. The summed E-state index contributed by atoms with van der Waals surface area (Å²) in [6.45, 7) is 7.16. The molecule has 178 valence electrons. The summed E-state index contributed by atoms with van der Waals surface area (Å²) < 4.78 is 4.51. The number of carbonyl (C=O) groups excluding carboxylic acids is 2. The van der Waals surface area contributed by atoms with Crippen LogP contribution in [0.2, 0.25) is 0 Å². The van der Waals surface area contributed by atoms with Crippen LogP contribution < -0.4 is 10.2 Å². The van der Waals surface area contributed by atoms with Gasteiger partial charge in [-0.1, -0.05) is 19.1 Å². The highest BCUT2D eigenvalue weighted by atomic mass is 32.1. The molecule has 2 amide bonds. The van der Waals surface area contributed by atoms with E-state index in [0.29, 0.717) is 5.56 Å². The Hall–Kier alpha value is -3.00. The van der Waals surface area contributed by atoms with Crippen LogP contribution in [0.15, 0.2) is 30.5 Å². The van der Waals surface area contributed by atoms with E-state index >= 15 is 0 Å². The maximum atomic E-state index is 13.4. The van der Waals surface area contributed by atoms with Gasteiger partial charge in [0, 0.05) is 44.0 Å². The van der Waals surface area contributed by atoms with E-state index in [4.69, 9.17) is 0 Å². The minimum absolute atomic E-state index is 0.0427. The first-order valence-corrected chi connectivity index (χ1v) is 13.0. The van der Waals surface area contributed by atoms with Crippen LogP contribution >= 0.6 is 11.5 Å². The minimum Gasteiger partial charge on any atom is -0.370 e. The SMILES string of the molecule is CCc1ccc(NC(=O)C2CCN(c3c(C(=O)N4CCCC4)cnc4snc(C)c34)CC2)cc1. The van der Waals surface area contributed by atoms with Crippen molar-refractivity contribution in [1.29, 1.82) is 0 Å². The van der Waals surface area contributed by atoms with Crippen molar-refractivity contribution in [3.05, 3.63) is 47.3 Å². The number of nitrogens with zero attached hydrogens (tertiary/aromatic N) is 4. The topological polar surface area (TPSA) is 78.4 Å². The fourth-order valence-corrected chi connectivity index (χ4v) is 5.80. The maximum absolute atomic E-state index is 13.4. The number of carbonyl (C=O) groups is 2. The first-order chi connectivity index (χ1) is 16.5. The molecule has 2 saturated heterocycles. The molecule has 7 nitrogen and oxygen atoms in total. The van der Waals surface area contributed by atoms with Gasteiger partial charge < -0.3 is 15.1 Å². The number of aromatic nitrogens is 2. The second-order valence-electron chi connectivity index (χ2n) is 9.27. The second-order valence-corrected chi connectivity index (χ2v) is 10.0. The van der Waals surface area contributed by atoms with E-state index in [1.165, 1.54) is 17.1 Å². The van der Waals surface area contributed by atoms with Crippen LogP contribution in [-0.2, 0) is 11.2 Å². The number of likely N-dealkylation sites (tertiary alicyclic amines) is 1. The Bertz CT molecular complexity index is 1190. The highest BCUT2D eigenvalue weighted by Gasteiger charge is 2.31. The third-order valence-corrected chi connectivity index (χ3v) is 7.93. The molecule has 0 spiro atoms. The smallest absolute Gasteiger partial charge is 0.257 e. The van der Waals surface area contributed by atoms with Gasteiger partial charge in [-0.15, -0.1) is 0 Å². The first kappa shape index (κ1) is 22.8. The summed E-state index contributed by atoms with van der Waals surface area (Å²) in [5.41, 5.74) is 4.62. The predicted octanol–water partition coefficient (Wildman–Crippen LogP) is 4.65. The number of anilines is 2. The second kappa shape index (κ2) is 9.70. The van der Waals surface area contributed by atoms with E-state index in [1.807, 2.05) is 24.0 Å². The molecule has 8 heteroatoms. The molecule has 2 aliphatic rings. The molecule has 34 heavy (non-hydrogen) atoms. The molecule has 1 aromatic carbocycles. The zero-order valence-electron chi connectivity index (χ0n) is 19.8. The van der Waals surface area contributed by atoms with E-state index in [1.54, 1.807) is 6.20 Å². The zero-order valence-corrected chi connectivity index (χ0v) is 20.7. The summed E-state index contributed by atoms with van der Waals surface area (Å²) in [4.78, 5) is 36.0. The van der Waals surface area contributed by atoms with Crippen LogP contribution in [0, 0.1) is 12.8 Å². The number of nitrogens with one attached hydrogen (secondary N) is 1. The average molecular weight is 478 g/mol. The third-order valence-electron chi connectivity index (χ3n) is 7.08. The van der Waals surface area contributed by atoms with Crippen molar-refractivity contribution in [2.45, 2.75) is 46.0 Å². The summed E-state index contributed by atoms with van der Waals surface area (Å²) in [6.07, 6.45) is 6.31. The van der Waals surface area contributed by atoms with Gasteiger partial charge in [0.15, 0.2) is 0 Å². The number of benzene rings is 1. The molecule has 2 aromatic heterocycles. The molecule has 4 heterocycles. The Morgan fingerprint density at radius 2 is 1.79 bits per heavy atom. The van der Waals surface area contributed by atoms with Crippen molar-refractivity contribution >= 4 is 44.9 Å². The van der Waals surface area contributed by atoms with Gasteiger partial charge in [-0.2, -0.15) is 4.37 Å². The molecule has 1 N–H and O–H groups in total. The molecule has 0 atom stereocenters. The highest BCUT2D eigenvalue weighted by Crippen LogP contribution is 2.37. The first-order valence-electron chi connectivity index (χ1n) is 12.2. The molecule has 0 bridgehead atoms. The normalized spacial score (nSPS) is 16.9. The number of aryl methyl sites for hydroxylation is 2. The fraction of sp³-hybridized carbons (Fsp3) is 0.462. The van der Waals surface area contributed by atoms with Gasteiger partial charge >= 0.3 is 0 Å². The average Bonchev–Trinajstić information content (AvgIpc) is 3.54. The lowest BCUT2D eigenvalue weighted by Crippen LogP contribution is -2.39. The number of hydrogen-bond acceptors (Lipinski definition) is 6. The van der Waals surface area contributed by atoms with Crippen molar-refractivity contribution in [2.24, 2.45) is 5.92 Å². The Balaban J connectivity index is 1.34. The van der Waals surface area contributed by atoms with Crippen molar-refractivity contribution < 1.29 is 9.59 Å². The van der Waals surface area contributed by atoms with Gasteiger partial charge in [0.25, 0.3) is 5.91 Å². The van der Waals surface area contributed by atoms with E-state index in [2.05, 4.69) is 38.6 Å². The van der Waals surface area contributed by atoms with E-state index in [9.17, 15) is 9.59 Å². The lowest BCUT2D eigenvalue weighted by Gasteiger charge is -2.34. The highest BCUT2D eigenvalue weighted by molar-refractivity contribution is 7.13. The molecule has 0 radical (unpaired) electrons. The van der Waals surface area contributed by atoms with Crippen LogP contribution in [-0.4, -0.2) is 52.3 Å². The van der Waals surface area contributed by atoms with Gasteiger partial charge in [0.05, 0.1) is 22.3 Å². The maximum Gasteiger partial charge on any atom is 0.257 e. The van der Waals surface area contributed by atoms with E-state index < -0.39 is 0 Å². The predicted molar refractivity (Wildman–Crippen MR) is 137 cm³/mol. The van der Waals surface area contributed by atoms with Gasteiger partial charge in [0.1, 0.15) is 4.83 Å². The number of amides is 2. The van der Waals surface area contributed by atoms with Gasteiger partial charge in [-0.05, 0) is 68.3 Å². The summed E-state index contributed by atoms with van der Waals surface area (Å²) in [5, 5.41) is 4.06. The monoisotopic (exact) mass is 477 g/mol. The standard InChI is InChI=1S/C26H31N5O2S/c1-3-18-6-8-20(9-7-18)28-24(32)19-10-14-30(15-11-19)23-21(26(33)31-12-4-5-13-31)16-27-25-22(23)17(2)29-34-25/h6-9,16,19H,3-5,10-15H2,1-2H3,(H,28,32). The Labute approximate surface area is 204 Å².